The van der Waals surface area contributed by atoms with Crippen LogP contribution in [0.2, 0.25) is 5.02 Å². The molecule has 3 rings (SSSR count). The van der Waals surface area contributed by atoms with Crippen LogP contribution in [0.25, 0.3) is 11.3 Å². The van der Waals surface area contributed by atoms with Gasteiger partial charge in [0.2, 0.25) is 0 Å². The van der Waals surface area contributed by atoms with E-state index >= 15 is 0 Å². The first-order valence-electron chi connectivity index (χ1n) is 8.58. The molecule has 0 saturated heterocycles. The van der Waals surface area contributed by atoms with Crippen LogP contribution in [0.4, 0.5) is 5.69 Å². The van der Waals surface area contributed by atoms with Gasteiger partial charge in [-0.05, 0) is 31.2 Å². The average Bonchev–Trinajstić information content (AvgIpc) is 3.17. The van der Waals surface area contributed by atoms with E-state index in [1.54, 1.807) is 42.5 Å². The van der Waals surface area contributed by atoms with E-state index in [0.29, 0.717) is 28.8 Å². The van der Waals surface area contributed by atoms with Crippen molar-refractivity contribution in [1.29, 1.82) is 0 Å². The van der Waals surface area contributed by atoms with E-state index in [0.717, 1.165) is 5.56 Å². The first-order chi connectivity index (χ1) is 13.5. The van der Waals surface area contributed by atoms with Crippen molar-refractivity contribution in [3.8, 4) is 17.1 Å². The molecule has 0 radical (unpaired) electrons. The summed E-state index contributed by atoms with van der Waals surface area (Å²) in [6.45, 7) is 2.26. The Morgan fingerprint density at radius 2 is 1.96 bits per heavy atom. The van der Waals surface area contributed by atoms with E-state index in [2.05, 4.69) is 15.8 Å². The van der Waals surface area contributed by atoms with Crippen molar-refractivity contribution in [2.24, 2.45) is 0 Å². The van der Waals surface area contributed by atoms with Crippen LogP contribution in [-0.2, 0) is 4.79 Å². The van der Waals surface area contributed by atoms with Gasteiger partial charge in [0.05, 0.1) is 0 Å². The van der Waals surface area contributed by atoms with E-state index < -0.39 is 5.91 Å². The van der Waals surface area contributed by atoms with Crippen molar-refractivity contribution in [2.45, 2.75) is 6.92 Å². The molecule has 0 atom stereocenters. The van der Waals surface area contributed by atoms with Gasteiger partial charge in [-0.3, -0.25) is 9.59 Å². The fraction of sp³-hybridized carbons (Fsp3) is 0.150. The number of anilines is 1. The minimum atomic E-state index is -0.432. The number of amides is 2. The summed E-state index contributed by atoms with van der Waals surface area (Å²) in [5, 5.41) is 9.73. The molecule has 0 aliphatic carbocycles. The first-order valence-corrected chi connectivity index (χ1v) is 8.96. The predicted molar refractivity (Wildman–Crippen MR) is 106 cm³/mol. The smallest absolute Gasteiger partial charge is 0.277 e. The fourth-order valence-electron chi connectivity index (χ4n) is 2.42. The van der Waals surface area contributed by atoms with Crippen LogP contribution in [0, 0.1) is 0 Å². The number of hydrogen-bond donors (Lipinski definition) is 2. The highest BCUT2D eigenvalue weighted by atomic mass is 35.5. The molecule has 28 heavy (non-hydrogen) atoms. The Hall–Kier alpha value is -3.32. The lowest BCUT2D eigenvalue weighted by Gasteiger charge is -2.08. The Labute approximate surface area is 166 Å². The van der Waals surface area contributed by atoms with Crippen molar-refractivity contribution in [3.63, 3.8) is 0 Å². The molecule has 3 aromatic rings. The van der Waals surface area contributed by atoms with Crippen molar-refractivity contribution < 1.29 is 18.8 Å². The summed E-state index contributed by atoms with van der Waals surface area (Å²) in [5.41, 5.74) is 1.36. The van der Waals surface area contributed by atoms with Crippen LogP contribution in [0.15, 0.2) is 59.1 Å². The minimum Gasteiger partial charge on any atom is -0.484 e. The number of carbonyl (C=O) groups excluding carboxylic acids is 2. The van der Waals surface area contributed by atoms with Crippen LogP contribution in [0.1, 0.15) is 17.4 Å². The van der Waals surface area contributed by atoms with Gasteiger partial charge in [0, 0.05) is 35.0 Å². The van der Waals surface area contributed by atoms with Gasteiger partial charge in [-0.15, -0.1) is 0 Å². The molecule has 2 N–H and O–H groups in total. The predicted octanol–water partition coefficient (Wildman–Crippen LogP) is 3.76. The maximum atomic E-state index is 12.4. The lowest BCUT2D eigenvalue weighted by atomic mass is 10.1. The molecule has 2 amide bonds. The quantitative estimate of drug-likeness (QED) is 0.630. The molecule has 1 heterocycles. The number of likely N-dealkylation sites (N-methyl/N-ethyl adjacent to an activating group) is 1. The van der Waals surface area contributed by atoms with Crippen molar-refractivity contribution in [1.82, 2.24) is 10.5 Å². The number of nitrogens with zero attached hydrogens (tertiary/aromatic N) is 1. The molecule has 0 spiro atoms. The van der Waals surface area contributed by atoms with E-state index in [4.69, 9.17) is 20.9 Å². The molecule has 0 aliphatic heterocycles. The fourth-order valence-corrected chi connectivity index (χ4v) is 2.61. The maximum Gasteiger partial charge on any atom is 0.277 e. The van der Waals surface area contributed by atoms with Gasteiger partial charge in [-0.1, -0.05) is 35.0 Å². The molecule has 0 fully saturated rings. The highest BCUT2D eigenvalue weighted by Crippen LogP contribution is 2.24. The van der Waals surface area contributed by atoms with Crippen LogP contribution < -0.4 is 15.4 Å². The third-order valence-electron chi connectivity index (χ3n) is 3.69. The zero-order valence-corrected chi connectivity index (χ0v) is 15.8. The lowest BCUT2D eigenvalue weighted by molar-refractivity contribution is -0.122. The summed E-state index contributed by atoms with van der Waals surface area (Å²) < 4.78 is 10.6. The summed E-state index contributed by atoms with van der Waals surface area (Å²) in [7, 11) is 0. The second-order valence-corrected chi connectivity index (χ2v) is 6.25. The molecule has 2 aromatic carbocycles. The molecule has 1 aromatic heterocycles. The zero-order valence-electron chi connectivity index (χ0n) is 15.1. The normalized spacial score (nSPS) is 10.4. The molecular formula is C20H18ClN3O4. The third-order valence-corrected chi connectivity index (χ3v) is 3.92. The van der Waals surface area contributed by atoms with Gasteiger partial charge >= 0.3 is 0 Å². The molecule has 8 heteroatoms. The summed E-state index contributed by atoms with van der Waals surface area (Å²) in [4.78, 5) is 23.9. The highest BCUT2D eigenvalue weighted by molar-refractivity contribution is 6.30. The van der Waals surface area contributed by atoms with Crippen LogP contribution >= 0.6 is 11.6 Å². The van der Waals surface area contributed by atoms with E-state index in [1.165, 1.54) is 6.07 Å². The van der Waals surface area contributed by atoms with Crippen LogP contribution in [0.3, 0.4) is 0 Å². The lowest BCUT2D eigenvalue weighted by Crippen LogP contribution is -2.28. The van der Waals surface area contributed by atoms with Gasteiger partial charge in [0.1, 0.15) is 5.75 Å². The van der Waals surface area contributed by atoms with Crippen molar-refractivity contribution >= 4 is 29.1 Å². The van der Waals surface area contributed by atoms with Crippen molar-refractivity contribution in [2.75, 3.05) is 18.5 Å². The summed E-state index contributed by atoms with van der Waals surface area (Å²) in [6.07, 6.45) is 0. The Morgan fingerprint density at radius 3 is 2.75 bits per heavy atom. The SMILES string of the molecule is CCNC(=O)COc1cccc(NC(=O)c2cc(-c3cccc(Cl)c3)on2)c1. The number of rotatable bonds is 7. The topological polar surface area (TPSA) is 93.5 Å². The molecule has 0 aliphatic rings. The molecule has 0 saturated carbocycles. The number of benzene rings is 2. The second kappa shape index (κ2) is 9.05. The standard InChI is InChI=1S/C20H18ClN3O4/c1-2-22-19(25)12-27-16-8-4-7-15(10-16)23-20(26)17-11-18(28-24-17)13-5-3-6-14(21)9-13/h3-11H,2,12H2,1H3,(H,22,25)(H,23,26). The highest BCUT2D eigenvalue weighted by Gasteiger charge is 2.14. The molecule has 0 unspecified atom stereocenters. The third kappa shape index (κ3) is 5.11. The van der Waals surface area contributed by atoms with E-state index in [-0.39, 0.29) is 18.2 Å². The molecule has 7 nitrogen and oxygen atoms in total. The maximum absolute atomic E-state index is 12.4. The zero-order chi connectivity index (χ0) is 19.9. The van der Waals surface area contributed by atoms with Gasteiger partial charge in [0.15, 0.2) is 18.1 Å². The number of carbonyl (C=O) groups is 2. The van der Waals surface area contributed by atoms with Crippen LogP contribution in [-0.4, -0.2) is 30.1 Å². The summed E-state index contributed by atoms with van der Waals surface area (Å²) >= 11 is 5.97. The number of halogens is 1. The van der Waals surface area contributed by atoms with Gasteiger partial charge in [-0.25, -0.2) is 0 Å². The van der Waals surface area contributed by atoms with Gasteiger partial charge in [0.25, 0.3) is 11.8 Å². The average molecular weight is 400 g/mol. The second-order valence-electron chi connectivity index (χ2n) is 5.81. The van der Waals surface area contributed by atoms with E-state index in [1.807, 2.05) is 13.0 Å². The molecule has 0 bridgehead atoms. The summed E-state index contributed by atoms with van der Waals surface area (Å²) in [6, 6.07) is 15.3. The largest absolute Gasteiger partial charge is 0.484 e. The van der Waals surface area contributed by atoms with Gasteiger partial charge < -0.3 is 19.9 Å². The number of hydrogen-bond acceptors (Lipinski definition) is 5. The first kappa shape index (κ1) is 19.4. The molecule has 144 valence electrons. The number of ether oxygens (including phenoxy) is 1. The minimum absolute atomic E-state index is 0.0997. The number of aromatic nitrogens is 1. The van der Waals surface area contributed by atoms with Crippen molar-refractivity contribution in [3.05, 3.63) is 65.3 Å². The number of nitrogens with one attached hydrogen (secondary N) is 2. The Morgan fingerprint density at radius 1 is 1.14 bits per heavy atom. The van der Waals surface area contributed by atoms with Gasteiger partial charge in [-0.2, -0.15) is 0 Å². The summed E-state index contributed by atoms with van der Waals surface area (Å²) in [5.74, 6) is 0.251. The van der Waals surface area contributed by atoms with E-state index in [9.17, 15) is 9.59 Å². The van der Waals surface area contributed by atoms with Crippen LogP contribution in [0.5, 0.6) is 5.75 Å². The Balaban J connectivity index is 1.65. The molecular weight excluding hydrogens is 382 g/mol. The Kier molecular flexibility index (Phi) is 6.29. The monoisotopic (exact) mass is 399 g/mol. The Bertz CT molecular complexity index is 987.